The molecule has 2 rings (SSSR count). The van der Waals surface area contributed by atoms with Crippen molar-refractivity contribution in [1.82, 2.24) is 5.32 Å². The lowest BCUT2D eigenvalue weighted by atomic mass is 10.2. The third kappa shape index (κ3) is 4.44. The summed E-state index contributed by atoms with van der Waals surface area (Å²) in [5.41, 5.74) is 0.164. The molecule has 0 unspecified atom stereocenters. The van der Waals surface area contributed by atoms with E-state index in [4.69, 9.17) is 9.84 Å². The quantitative estimate of drug-likeness (QED) is 0.655. The lowest BCUT2D eigenvalue weighted by Gasteiger charge is -2.07. The number of hydrogen-bond donors (Lipinski definition) is 3. The molecule has 0 atom stereocenters. The zero-order chi connectivity index (χ0) is 13.7. The number of nitrogens with one attached hydrogen (secondary N) is 1. The van der Waals surface area contributed by atoms with Gasteiger partial charge in [-0.2, -0.15) is 0 Å². The monoisotopic (exact) mass is 265 g/mol. The average molecular weight is 265 g/mol. The Balaban J connectivity index is 1.65. The highest BCUT2D eigenvalue weighted by Crippen LogP contribution is 2.28. The Labute approximate surface area is 112 Å². The van der Waals surface area contributed by atoms with Gasteiger partial charge in [-0.1, -0.05) is 0 Å². The molecule has 1 aromatic rings. The summed E-state index contributed by atoms with van der Waals surface area (Å²) in [5, 5.41) is 21.4. The van der Waals surface area contributed by atoms with Gasteiger partial charge in [-0.05, 0) is 37.3 Å². The molecule has 0 aliphatic heterocycles. The van der Waals surface area contributed by atoms with Crippen LogP contribution in [0.4, 0.5) is 0 Å². The molecule has 5 heteroatoms. The van der Waals surface area contributed by atoms with Gasteiger partial charge in [0.15, 0.2) is 0 Å². The Bertz CT molecular complexity index is 443. The molecule has 1 aliphatic carbocycles. The first kappa shape index (κ1) is 13.7. The molecular formula is C14H19NO4. The van der Waals surface area contributed by atoms with Gasteiger partial charge < -0.3 is 20.3 Å². The second-order valence-corrected chi connectivity index (χ2v) is 4.83. The largest absolute Gasteiger partial charge is 0.508 e. The molecule has 19 heavy (non-hydrogen) atoms. The van der Waals surface area contributed by atoms with Crippen molar-refractivity contribution in [2.45, 2.75) is 19.3 Å². The number of ether oxygens (including phenoxy) is 1. The average Bonchev–Trinajstić information content (AvgIpc) is 3.17. The minimum atomic E-state index is -0.348. The van der Waals surface area contributed by atoms with E-state index in [9.17, 15) is 9.90 Å². The van der Waals surface area contributed by atoms with Crippen LogP contribution < -0.4 is 5.32 Å². The van der Waals surface area contributed by atoms with Crippen LogP contribution >= 0.6 is 0 Å². The summed E-state index contributed by atoms with van der Waals surface area (Å²) in [4.78, 5) is 11.7. The van der Waals surface area contributed by atoms with Crippen molar-refractivity contribution in [3.05, 3.63) is 23.8 Å². The Hall–Kier alpha value is -1.75. The van der Waals surface area contributed by atoms with Crippen LogP contribution in [0.2, 0.25) is 0 Å². The number of aromatic hydroxyl groups is 2. The van der Waals surface area contributed by atoms with Gasteiger partial charge >= 0.3 is 0 Å². The van der Waals surface area contributed by atoms with E-state index in [1.54, 1.807) is 0 Å². The number of carbonyl (C=O) groups excluding carboxylic acids is 1. The maximum absolute atomic E-state index is 11.7. The summed E-state index contributed by atoms with van der Waals surface area (Å²) in [5.74, 6) is 0.119. The fourth-order valence-corrected chi connectivity index (χ4v) is 1.72. The summed E-state index contributed by atoms with van der Waals surface area (Å²) in [6, 6.07) is 3.91. The zero-order valence-electron chi connectivity index (χ0n) is 10.8. The van der Waals surface area contributed by atoms with Gasteiger partial charge in [-0.15, -0.1) is 0 Å². The minimum Gasteiger partial charge on any atom is -0.508 e. The van der Waals surface area contributed by atoms with Crippen molar-refractivity contribution in [3.63, 3.8) is 0 Å². The van der Waals surface area contributed by atoms with Crippen LogP contribution in [0.25, 0.3) is 0 Å². The fraction of sp³-hybridized carbons (Fsp3) is 0.500. The van der Waals surface area contributed by atoms with Gasteiger partial charge in [0.25, 0.3) is 5.91 Å². The summed E-state index contributed by atoms with van der Waals surface area (Å²) in [6.45, 7) is 1.97. The zero-order valence-corrected chi connectivity index (χ0v) is 10.8. The number of amides is 1. The van der Waals surface area contributed by atoms with Crippen LogP contribution in [0.5, 0.6) is 11.5 Å². The third-order valence-corrected chi connectivity index (χ3v) is 3.03. The minimum absolute atomic E-state index is 0.0671. The smallest absolute Gasteiger partial charge is 0.255 e. The fourth-order valence-electron chi connectivity index (χ4n) is 1.72. The first-order chi connectivity index (χ1) is 9.16. The van der Waals surface area contributed by atoms with E-state index in [0.29, 0.717) is 13.2 Å². The van der Waals surface area contributed by atoms with Crippen molar-refractivity contribution in [2.75, 3.05) is 19.8 Å². The van der Waals surface area contributed by atoms with Crippen LogP contribution in [0.3, 0.4) is 0 Å². The van der Waals surface area contributed by atoms with Crippen LogP contribution in [-0.4, -0.2) is 35.9 Å². The molecule has 1 aromatic carbocycles. The summed E-state index contributed by atoms with van der Waals surface area (Å²) < 4.78 is 5.45. The number of benzene rings is 1. The maximum Gasteiger partial charge on any atom is 0.255 e. The molecule has 104 valence electrons. The summed E-state index contributed by atoms with van der Waals surface area (Å²) in [7, 11) is 0. The predicted molar refractivity (Wildman–Crippen MR) is 70.3 cm³/mol. The second kappa shape index (κ2) is 6.43. The predicted octanol–water partition coefficient (Wildman–Crippen LogP) is 1.64. The Kier molecular flexibility index (Phi) is 4.63. The first-order valence-electron chi connectivity index (χ1n) is 6.55. The van der Waals surface area contributed by atoms with Gasteiger partial charge in [0, 0.05) is 25.8 Å². The molecular weight excluding hydrogens is 246 g/mol. The molecule has 5 nitrogen and oxygen atoms in total. The van der Waals surface area contributed by atoms with E-state index in [1.165, 1.54) is 25.0 Å². The Morgan fingerprint density at radius 1 is 1.37 bits per heavy atom. The van der Waals surface area contributed by atoms with Crippen molar-refractivity contribution in [1.29, 1.82) is 0 Å². The van der Waals surface area contributed by atoms with Crippen molar-refractivity contribution in [2.24, 2.45) is 5.92 Å². The van der Waals surface area contributed by atoms with E-state index in [-0.39, 0.29) is 23.0 Å². The molecule has 0 bridgehead atoms. The van der Waals surface area contributed by atoms with E-state index >= 15 is 0 Å². The SMILES string of the molecule is O=C(NCCCOCC1CC1)c1ccc(O)cc1O. The van der Waals surface area contributed by atoms with Crippen LogP contribution in [0.15, 0.2) is 18.2 Å². The first-order valence-corrected chi connectivity index (χ1v) is 6.55. The van der Waals surface area contributed by atoms with Crippen LogP contribution in [0, 0.1) is 5.92 Å². The molecule has 1 amide bonds. The highest BCUT2D eigenvalue weighted by molar-refractivity contribution is 5.96. The Morgan fingerprint density at radius 3 is 2.84 bits per heavy atom. The molecule has 1 aliphatic rings. The van der Waals surface area contributed by atoms with Crippen molar-refractivity contribution in [3.8, 4) is 11.5 Å². The topological polar surface area (TPSA) is 78.8 Å². The van der Waals surface area contributed by atoms with Gasteiger partial charge in [-0.3, -0.25) is 4.79 Å². The highest BCUT2D eigenvalue weighted by atomic mass is 16.5. The van der Waals surface area contributed by atoms with E-state index in [1.807, 2.05) is 0 Å². The lowest BCUT2D eigenvalue weighted by Crippen LogP contribution is -2.25. The van der Waals surface area contributed by atoms with Gasteiger partial charge in [0.2, 0.25) is 0 Å². The number of hydrogen-bond acceptors (Lipinski definition) is 4. The van der Waals surface area contributed by atoms with E-state index < -0.39 is 0 Å². The maximum atomic E-state index is 11.7. The van der Waals surface area contributed by atoms with Crippen molar-refractivity contribution >= 4 is 5.91 Å². The molecule has 0 spiro atoms. The molecule has 0 radical (unpaired) electrons. The molecule has 0 saturated heterocycles. The third-order valence-electron chi connectivity index (χ3n) is 3.03. The lowest BCUT2D eigenvalue weighted by molar-refractivity contribution is 0.0935. The summed E-state index contributed by atoms with van der Waals surface area (Å²) in [6.07, 6.45) is 3.30. The van der Waals surface area contributed by atoms with Gasteiger partial charge in [0.05, 0.1) is 5.56 Å². The van der Waals surface area contributed by atoms with E-state index in [0.717, 1.165) is 25.0 Å². The number of phenols is 2. The molecule has 0 aromatic heterocycles. The van der Waals surface area contributed by atoms with E-state index in [2.05, 4.69) is 5.32 Å². The van der Waals surface area contributed by atoms with Gasteiger partial charge in [-0.25, -0.2) is 0 Å². The summed E-state index contributed by atoms with van der Waals surface area (Å²) >= 11 is 0. The van der Waals surface area contributed by atoms with Gasteiger partial charge in [0.1, 0.15) is 11.5 Å². The van der Waals surface area contributed by atoms with Crippen molar-refractivity contribution < 1.29 is 19.7 Å². The number of phenolic OH excluding ortho intramolecular Hbond substituents is 2. The second-order valence-electron chi connectivity index (χ2n) is 4.83. The number of carbonyl (C=O) groups is 1. The number of rotatable bonds is 7. The Morgan fingerprint density at radius 2 is 2.16 bits per heavy atom. The van der Waals surface area contributed by atoms with Crippen LogP contribution in [0.1, 0.15) is 29.6 Å². The molecule has 1 saturated carbocycles. The molecule has 3 N–H and O–H groups in total. The normalized spacial score (nSPS) is 14.3. The van der Waals surface area contributed by atoms with Crippen LogP contribution in [-0.2, 0) is 4.74 Å². The standard InChI is InChI=1S/C14H19NO4/c16-11-4-5-12(13(17)8-11)14(18)15-6-1-7-19-9-10-2-3-10/h4-5,8,10,16-17H,1-3,6-7,9H2,(H,15,18). The molecule has 0 heterocycles. The molecule has 1 fully saturated rings. The highest BCUT2D eigenvalue weighted by Gasteiger charge is 2.20.